The van der Waals surface area contributed by atoms with Crippen molar-refractivity contribution < 1.29 is 63.8 Å². The third-order valence-electron chi connectivity index (χ3n) is 10.6. The van der Waals surface area contributed by atoms with Crippen LogP contribution in [-0.4, -0.2) is 99.1 Å². The first-order valence-corrected chi connectivity index (χ1v) is 16.9. The third kappa shape index (κ3) is 5.69. The predicted molar refractivity (Wildman–Crippen MR) is 188 cm³/mol. The molecule has 1 aromatic rings. The lowest BCUT2D eigenvalue weighted by molar-refractivity contribution is -0.143. The molecule has 10 N–H and O–H groups in total. The van der Waals surface area contributed by atoms with Crippen LogP contribution in [0.15, 0.2) is 62.8 Å². The number of benzene rings is 1. The Bertz CT molecular complexity index is 2220. The molecule has 1 aromatic carbocycles. The van der Waals surface area contributed by atoms with Crippen LogP contribution in [0.2, 0.25) is 0 Å². The van der Waals surface area contributed by atoms with E-state index in [1.807, 2.05) is 0 Å². The summed E-state index contributed by atoms with van der Waals surface area (Å²) in [6.45, 7) is 1.44. The molecule has 0 bridgehead atoms. The van der Waals surface area contributed by atoms with E-state index in [1.165, 1.54) is 14.0 Å². The number of anilines is 1. The number of primary amides is 2. The number of aliphatic hydroxyl groups is 3. The highest BCUT2D eigenvalue weighted by Gasteiger charge is 2.52. The van der Waals surface area contributed by atoms with Crippen LogP contribution in [0.4, 0.5) is 5.69 Å². The normalized spacial score (nSPS) is 22.0. The molecule has 6 rings (SSSR count). The van der Waals surface area contributed by atoms with Crippen LogP contribution in [0, 0.1) is 5.92 Å². The van der Waals surface area contributed by atoms with Crippen molar-refractivity contribution in [2.24, 2.45) is 17.4 Å². The molecule has 0 spiro atoms. The Kier molecular flexibility index (Phi) is 9.64. The van der Waals surface area contributed by atoms with Gasteiger partial charge in [-0.25, -0.2) is 4.79 Å². The highest BCUT2D eigenvalue weighted by Crippen LogP contribution is 2.64. The van der Waals surface area contributed by atoms with Crippen molar-refractivity contribution in [3.8, 4) is 5.75 Å². The monoisotopic (exact) mass is 743 g/mol. The number of amides is 2. The van der Waals surface area contributed by atoms with Gasteiger partial charge in [-0.15, -0.1) is 0 Å². The number of Topliss-reactive ketones (excluding diaryl/α,β-unsaturated/α-hetero) is 1. The summed E-state index contributed by atoms with van der Waals surface area (Å²) in [6, 6.07) is -1.70. The number of aliphatic hydroxyl groups excluding tert-OH is 3. The molecular weight excluding hydrogens is 706 g/mol. The largest absolute Gasteiger partial charge is 0.494 e. The zero-order valence-electron chi connectivity index (χ0n) is 29.3. The molecule has 16 heteroatoms. The Morgan fingerprint density at radius 3 is 2.00 bits per heavy atom. The van der Waals surface area contributed by atoms with Crippen LogP contribution in [0.25, 0.3) is 5.57 Å². The van der Waals surface area contributed by atoms with Crippen molar-refractivity contribution in [3.05, 3.63) is 85.1 Å². The number of carbonyl (C=O) groups is 7. The second kappa shape index (κ2) is 13.8. The second-order valence-electron chi connectivity index (χ2n) is 13.8. The van der Waals surface area contributed by atoms with Crippen molar-refractivity contribution in [2.45, 2.75) is 57.1 Å². The minimum Gasteiger partial charge on any atom is -0.494 e. The Hall–Kier alpha value is -5.97. The van der Waals surface area contributed by atoms with Crippen LogP contribution in [0.5, 0.6) is 5.75 Å². The van der Waals surface area contributed by atoms with E-state index in [0.717, 1.165) is 12.2 Å². The zero-order chi connectivity index (χ0) is 39.7. The number of nitrogens with two attached hydrogens (primary N) is 2. The fourth-order valence-corrected chi connectivity index (χ4v) is 8.62. The number of ether oxygens (including phenoxy) is 1. The molecule has 0 saturated carbocycles. The molecule has 0 fully saturated rings. The van der Waals surface area contributed by atoms with Crippen LogP contribution in [0.1, 0.15) is 72.0 Å². The molecule has 5 unspecified atom stereocenters. The molecule has 54 heavy (non-hydrogen) atoms. The van der Waals surface area contributed by atoms with Gasteiger partial charge in [0.15, 0.2) is 11.6 Å². The molecule has 2 amide bonds. The second-order valence-corrected chi connectivity index (χ2v) is 13.8. The van der Waals surface area contributed by atoms with Gasteiger partial charge in [0.25, 0.3) is 0 Å². The molecule has 0 radical (unpaired) electrons. The molecule has 0 saturated heterocycles. The summed E-state index contributed by atoms with van der Waals surface area (Å²) in [4.78, 5) is 91.0. The number of carboxylic acid groups (broad SMARTS) is 2. The summed E-state index contributed by atoms with van der Waals surface area (Å²) in [5, 5.41) is 56.5. The van der Waals surface area contributed by atoms with E-state index in [2.05, 4.69) is 5.32 Å². The highest BCUT2D eigenvalue weighted by atomic mass is 16.5. The molecule has 16 nitrogen and oxygen atoms in total. The number of nitrogens with one attached hydrogen (secondary N) is 1. The van der Waals surface area contributed by atoms with E-state index < -0.39 is 103 Å². The number of rotatable bonds is 14. The Morgan fingerprint density at radius 1 is 0.852 bits per heavy atom. The minimum atomic E-state index is -1.75. The molecule has 0 aliphatic heterocycles. The van der Waals surface area contributed by atoms with Gasteiger partial charge in [0, 0.05) is 29.0 Å². The minimum absolute atomic E-state index is 0.0290. The van der Waals surface area contributed by atoms with Gasteiger partial charge >= 0.3 is 11.9 Å². The van der Waals surface area contributed by atoms with Gasteiger partial charge in [0.1, 0.15) is 23.7 Å². The number of ketones is 3. The van der Waals surface area contributed by atoms with E-state index in [1.54, 1.807) is 13.0 Å². The quantitative estimate of drug-likeness (QED) is 0.129. The smallest absolute Gasteiger partial charge is 0.326 e. The number of hydrogen-bond acceptors (Lipinski definition) is 12. The number of methoxy groups -OCH3 is 1. The lowest BCUT2D eigenvalue weighted by atomic mass is 9.58. The van der Waals surface area contributed by atoms with Crippen LogP contribution >= 0.6 is 0 Å². The van der Waals surface area contributed by atoms with Crippen LogP contribution in [-0.2, 0) is 28.8 Å². The fraction of sp³-hybridized carbons (Fsp3) is 0.342. The van der Waals surface area contributed by atoms with Crippen molar-refractivity contribution in [2.75, 3.05) is 25.6 Å². The highest BCUT2D eigenvalue weighted by molar-refractivity contribution is 6.22. The number of carbonyl (C=O) groups excluding carboxylic acids is 5. The van der Waals surface area contributed by atoms with Gasteiger partial charge in [-0.05, 0) is 77.0 Å². The first kappa shape index (κ1) is 37.8. The van der Waals surface area contributed by atoms with Crippen molar-refractivity contribution in [1.29, 1.82) is 0 Å². The molecule has 5 atom stereocenters. The van der Waals surface area contributed by atoms with Gasteiger partial charge < -0.3 is 47.1 Å². The Labute approximate surface area is 306 Å². The van der Waals surface area contributed by atoms with Crippen molar-refractivity contribution >= 4 is 52.4 Å². The summed E-state index contributed by atoms with van der Waals surface area (Å²) >= 11 is 0. The van der Waals surface area contributed by atoms with Crippen molar-refractivity contribution in [3.63, 3.8) is 0 Å². The molecule has 5 aliphatic carbocycles. The van der Waals surface area contributed by atoms with Crippen LogP contribution < -0.4 is 21.5 Å². The summed E-state index contributed by atoms with van der Waals surface area (Å²) in [5.74, 6) is -10.7. The number of aliphatic carboxylic acids is 2. The molecule has 282 valence electrons. The van der Waals surface area contributed by atoms with Gasteiger partial charge in [-0.3, -0.25) is 28.8 Å². The number of hydrogen-bond donors (Lipinski definition) is 8. The van der Waals surface area contributed by atoms with Gasteiger partial charge in [0.05, 0.1) is 49.8 Å². The number of allylic oxidation sites excluding steroid dienone is 6. The lowest BCUT2D eigenvalue weighted by Gasteiger charge is -2.45. The summed E-state index contributed by atoms with van der Waals surface area (Å²) < 4.78 is 5.94. The first-order valence-electron chi connectivity index (χ1n) is 16.9. The molecule has 0 aromatic heterocycles. The molecule has 0 heterocycles. The fourth-order valence-electron chi connectivity index (χ4n) is 8.62. The molecular formula is C38H37N3O13. The summed E-state index contributed by atoms with van der Waals surface area (Å²) in [5.41, 5.74) is 11.9. The SMILES string of the molecule is COc1c(NC(CC(N)=O)C(=O)O)c2c3c4c1C(C(C)=O)C(C)=CC1=C(CC(CC(N)=O)C(=O)O)C(O)C5=C(C(=C3C(CO)=CC2=O)C(CO)=CC5=O)C14. The standard InChI is InChI=1S/C38H37N3O13/c1-12-4-17-18(5-14(37(50)51)8-22(39)47)35(49)29-21(46)7-16(11-43)25-26-15(10-42)6-20(45)28-31(26)32(27(17)30(25)29)33(24(12)13(2)44)36(54-3)34(28)41-19(38(52)53)9-23(40)48/h4,6-7,14,19,24,27,35,41-43,49H,5,8-11H2,1-3H3,(H2,39,47)(H2,40,48)(H,50,51)(H,52,53). The third-order valence-corrected chi connectivity index (χ3v) is 10.6. The maximum Gasteiger partial charge on any atom is 0.326 e. The number of carboxylic acids is 2. The van der Waals surface area contributed by atoms with Gasteiger partial charge in [0.2, 0.25) is 11.8 Å². The van der Waals surface area contributed by atoms with E-state index >= 15 is 0 Å². The summed E-state index contributed by atoms with van der Waals surface area (Å²) in [6.07, 6.45) is 0.220. The van der Waals surface area contributed by atoms with E-state index in [0.29, 0.717) is 5.57 Å². The lowest BCUT2D eigenvalue weighted by Crippen LogP contribution is -2.38. The predicted octanol–water partition coefficient (Wildman–Crippen LogP) is 0.469. The van der Waals surface area contributed by atoms with Gasteiger partial charge in [-0.1, -0.05) is 11.6 Å². The average molecular weight is 744 g/mol. The zero-order valence-corrected chi connectivity index (χ0v) is 29.3. The molecule has 5 aliphatic rings. The topological polar surface area (TPSA) is 294 Å². The average Bonchev–Trinajstić information content (AvgIpc) is 3.22. The summed E-state index contributed by atoms with van der Waals surface area (Å²) in [7, 11) is 1.23. The van der Waals surface area contributed by atoms with Gasteiger partial charge in [-0.2, -0.15) is 0 Å². The van der Waals surface area contributed by atoms with E-state index in [9.17, 15) is 59.1 Å². The van der Waals surface area contributed by atoms with E-state index in [4.69, 9.17) is 16.2 Å². The Morgan fingerprint density at radius 2 is 1.46 bits per heavy atom. The maximum absolute atomic E-state index is 14.3. The van der Waals surface area contributed by atoms with Crippen molar-refractivity contribution in [1.82, 2.24) is 0 Å². The van der Waals surface area contributed by atoms with E-state index in [-0.39, 0.29) is 78.3 Å². The van der Waals surface area contributed by atoms with Crippen LogP contribution in [0.3, 0.4) is 0 Å². The Balaban J connectivity index is 1.87. The first-order chi connectivity index (χ1) is 25.5. The maximum atomic E-state index is 14.3.